The molecule has 3 aromatic carbocycles. The number of carbonyl (C=O) groups excluding carboxylic acids is 1. The third-order valence-electron chi connectivity index (χ3n) is 7.11. The second-order valence-corrected chi connectivity index (χ2v) is 10.7. The number of thiazole rings is 1. The van der Waals surface area contributed by atoms with E-state index in [0.717, 1.165) is 27.9 Å². The number of anilines is 1. The molecule has 0 bridgehead atoms. The fourth-order valence-corrected chi connectivity index (χ4v) is 6.04. The molecule has 204 valence electrons. The Kier molecular flexibility index (Phi) is 6.94. The molecule has 3 heterocycles. The summed E-state index contributed by atoms with van der Waals surface area (Å²) in [7, 11) is 1.60. The van der Waals surface area contributed by atoms with Crippen molar-refractivity contribution in [2.75, 3.05) is 12.4 Å². The topological polar surface area (TPSA) is 101 Å². The van der Waals surface area contributed by atoms with Crippen molar-refractivity contribution < 1.29 is 9.53 Å². The van der Waals surface area contributed by atoms with Crippen LogP contribution < -0.4 is 24.9 Å². The van der Waals surface area contributed by atoms with Gasteiger partial charge in [0.25, 0.3) is 11.5 Å². The number of H-pyrrole nitrogens is 1. The second kappa shape index (κ2) is 10.9. The quantitative estimate of drug-likeness (QED) is 0.317. The average molecular weight is 562 g/mol. The molecular weight excluding hydrogens is 534 g/mol. The minimum absolute atomic E-state index is 0.233. The van der Waals surface area contributed by atoms with E-state index in [2.05, 4.69) is 15.5 Å². The van der Waals surface area contributed by atoms with Gasteiger partial charge in [-0.2, -0.15) is 5.10 Å². The molecule has 0 unspecified atom stereocenters. The Balaban J connectivity index is 1.50. The number of fused-ring (bicyclic) bond motifs is 1. The zero-order valence-electron chi connectivity index (χ0n) is 22.7. The van der Waals surface area contributed by atoms with Crippen molar-refractivity contribution in [1.29, 1.82) is 0 Å². The average Bonchev–Trinajstić information content (AvgIpc) is 3.58. The largest absolute Gasteiger partial charge is 0.497 e. The standard InChI is InChI=1S/C32H27N5O3S/c1-19-9-7-8-12-25(19)35-30(38)27-20(2)34-32-37(29(27)22-13-15-24(40-3)16-14-22)31(39)26(41-32)17-23-18-33-36-28(23)21-10-5-4-6-11-21/h4-18,29H,1-3H3,(H,33,36)(H,35,38)/t29-/m1/s1. The number of allylic oxidation sites excluding steroid dienone is 1. The molecule has 5 aromatic rings. The molecule has 6 rings (SSSR count). The number of carbonyl (C=O) groups is 1. The molecule has 0 saturated heterocycles. The predicted octanol–water partition coefficient (Wildman–Crippen LogP) is 4.58. The van der Waals surface area contributed by atoms with Crippen LogP contribution in [0.15, 0.2) is 106 Å². The maximum atomic E-state index is 14.1. The minimum atomic E-state index is -0.679. The van der Waals surface area contributed by atoms with Gasteiger partial charge in [0.1, 0.15) is 5.75 Å². The highest BCUT2D eigenvalue weighted by atomic mass is 32.1. The van der Waals surface area contributed by atoms with Gasteiger partial charge in [-0.1, -0.05) is 72.0 Å². The van der Waals surface area contributed by atoms with E-state index in [1.165, 1.54) is 11.3 Å². The molecule has 41 heavy (non-hydrogen) atoms. The number of hydrogen-bond donors (Lipinski definition) is 2. The molecule has 0 spiro atoms. The number of hydrogen-bond acceptors (Lipinski definition) is 6. The molecule has 0 fully saturated rings. The fourth-order valence-electron chi connectivity index (χ4n) is 5.00. The van der Waals surface area contributed by atoms with E-state index in [4.69, 9.17) is 9.73 Å². The summed E-state index contributed by atoms with van der Waals surface area (Å²) in [5.74, 6) is 0.373. The smallest absolute Gasteiger partial charge is 0.271 e. The van der Waals surface area contributed by atoms with E-state index in [1.54, 1.807) is 17.9 Å². The lowest BCUT2D eigenvalue weighted by molar-refractivity contribution is -0.113. The van der Waals surface area contributed by atoms with Crippen molar-refractivity contribution in [2.45, 2.75) is 19.9 Å². The number of para-hydroxylation sites is 1. The first-order chi connectivity index (χ1) is 19.9. The molecule has 2 aromatic heterocycles. The number of amides is 1. The summed E-state index contributed by atoms with van der Waals surface area (Å²) >= 11 is 1.29. The van der Waals surface area contributed by atoms with Gasteiger partial charge in [0, 0.05) is 16.8 Å². The summed E-state index contributed by atoms with van der Waals surface area (Å²) in [5, 5.41) is 10.3. The summed E-state index contributed by atoms with van der Waals surface area (Å²) in [5.41, 5.74) is 5.71. The zero-order chi connectivity index (χ0) is 28.5. The third-order valence-corrected chi connectivity index (χ3v) is 8.09. The van der Waals surface area contributed by atoms with Crippen LogP contribution in [0.2, 0.25) is 0 Å². The lowest BCUT2D eigenvalue weighted by Crippen LogP contribution is -2.40. The number of aromatic amines is 1. The van der Waals surface area contributed by atoms with Gasteiger partial charge in [-0.15, -0.1) is 0 Å². The molecular formula is C32H27N5O3S. The van der Waals surface area contributed by atoms with Crippen LogP contribution in [0.3, 0.4) is 0 Å². The van der Waals surface area contributed by atoms with Gasteiger partial charge in [0.15, 0.2) is 4.80 Å². The van der Waals surface area contributed by atoms with Crippen molar-refractivity contribution in [2.24, 2.45) is 4.99 Å². The number of nitrogens with one attached hydrogen (secondary N) is 2. The first-order valence-electron chi connectivity index (χ1n) is 13.1. The molecule has 9 heteroatoms. The molecule has 1 atom stereocenters. The van der Waals surface area contributed by atoms with E-state index >= 15 is 0 Å². The molecule has 0 saturated carbocycles. The number of ether oxygens (including phenoxy) is 1. The minimum Gasteiger partial charge on any atom is -0.497 e. The Morgan fingerprint density at radius 1 is 1.02 bits per heavy atom. The summed E-state index contributed by atoms with van der Waals surface area (Å²) in [6, 6.07) is 24.2. The highest BCUT2D eigenvalue weighted by molar-refractivity contribution is 7.07. The zero-order valence-corrected chi connectivity index (χ0v) is 23.5. The van der Waals surface area contributed by atoms with Crippen molar-refractivity contribution in [3.05, 3.63) is 133 Å². The second-order valence-electron chi connectivity index (χ2n) is 9.69. The molecule has 1 amide bonds. The van der Waals surface area contributed by atoms with E-state index in [0.29, 0.717) is 32.0 Å². The van der Waals surface area contributed by atoms with Gasteiger partial charge in [-0.25, -0.2) is 4.99 Å². The summed E-state index contributed by atoms with van der Waals surface area (Å²) in [6.07, 6.45) is 3.53. The number of aromatic nitrogens is 3. The van der Waals surface area contributed by atoms with Crippen LogP contribution in [0.5, 0.6) is 5.75 Å². The van der Waals surface area contributed by atoms with E-state index in [9.17, 15) is 9.59 Å². The van der Waals surface area contributed by atoms with E-state index in [-0.39, 0.29) is 11.5 Å². The van der Waals surface area contributed by atoms with Gasteiger partial charge in [0.05, 0.1) is 40.8 Å². The van der Waals surface area contributed by atoms with Crippen molar-refractivity contribution in [3.63, 3.8) is 0 Å². The van der Waals surface area contributed by atoms with Gasteiger partial charge < -0.3 is 10.1 Å². The number of methoxy groups -OCH3 is 1. The van der Waals surface area contributed by atoms with Crippen LogP contribution in [0, 0.1) is 6.92 Å². The predicted molar refractivity (Wildman–Crippen MR) is 161 cm³/mol. The van der Waals surface area contributed by atoms with Crippen LogP contribution in [-0.4, -0.2) is 27.8 Å². The van der Waals surface area contributed by atoms with Crippen molar-refractivity contribution in [1.82, 2.24) is 14.8 Å². The first-order valence-corrected chi connectivity index (χ1v) is 13.9. The highest BCUT2D eigenvalue weighted by Crippen LogP contribution is 2.32. The van der Waals surface area contributed by atoms with Crippen LogP contribution >= 0.6 is 11.3 Å². The Labute approximate surface area is 240 Å². The number of benzene rings is 3. The summed E-state index contributed by atoms with van der Waals surface area (Å²) in [6.45, 7) is 3.75. The van der Waals surface area contributed by atoms with Crippen LogP contribution in [-0.2, 0) is 4.79 Å². The number of aryl methyl sites for hydroxylation is 1. The molecule has 0 radical (unpaired) electrons. The number of rotatable bonds is 6. The third kappa shape index (κ3) is 4.92. The Hall–Kier alpha value is -5.02. The molecule has 1 aliphatic heterocycles. The number of nitrogens with zero attached hydrogens (tertiary/aromatic N) is 3. The summed E-state index contributed by atoms with van der Waals surface area (Å²) < 4.78 is 7.46. The lowest BCUT2D eigenvalue weighted by Gasteiger charge is -2.25. The Morgan fingerprint density at radius 2 is 1.76 bits per heavy atom. The van der Waals surface area contributed by atoms with Crippen molar-refractivity contribution >= 4 is 29.0 Å². The van der Waals surface area contributed by atoms with Gasteiger partial charge in [-0.05, 0) is 49.2 Å². The normalized spacial score (nSPS) is 14.9. The fraction of sp³-hybridized carbons (Fsp3) is 0.125. The monoisotopic (exact) mass is 561 g/mol. The maximum Gasteiger partial charge on any atom is 0.271 e. The highest BCUT2D eigenvalue weighted by Gasteiger charge is 2.32. The van der Waals surface area contributed by atoms with Crippen molar-refractivity contribution in [3.8, 4) is 17.0 Å². The molecule has 2 N–H and O–H groups in total. The molecule has 0 aliphatic carbocycles. The van der Waals surface area contributed by atoms with Gasteiger partial charge in [0.2, 0.25) is 0 Å². The van der Waals surface area contributed by atoms with E-state index < -0.39 is 6.04 Å². The van der Waals surface area contributed by atoms with Gasteiger partial charge >= 0.3 is 0 Å². The first kappa shape index (κ1) is 26.2. The molecule has 1 aliphatic rings. The SMILES string of the molecule is COc1ccc([C@@H]2C(C(=O)Nc3ccccc3C)=C(C)N=c3sc(=Cc4cn[nH]c4-c4ccccc4)c(=O)n32)cc1. The van der Waals surface area contributed by atoms with Crippen LogP contribution in [0.4, 0.5) is 5.69 Å². The Morgan fingerprint density at radius 3 is 2.49 bits per heavy atom. The van der Waals surface area contributed by atoms with Crippen LogP contribution in [0.1, 0.15) is 29.7 Å². The van der Waals surface area contributed by atoms with E-state index in [1.807, 2.05) is 98.8 Å². The van der Waals surface area contributed by atoms with Crippen LogP contribution in [0.25, 0.3) is 17.3 Å². The Bertz CT molecular complexity index is 1970. The summed E-state index contributed by atoms with van der Waals surface area (Å²) in [4.78, 5) is 33.2. The molecule has 8 nitrogen and oxygen atoms in total. The van der Waals surface area contributed by atoms with Gasteiger partial charge in [-0.3, -0.25) is 19.3 Å². The maximum absolute atomic E-state index is 14.1. The lowest BCUT2D eigenvalue weighted by atomic mass is 9.95.